The number of pyridine rings is 1. The smallest absolute Gasteiger partial charge is 0.252 e. The standard InChI is InChI=1S/C26H28FN3O3/c1-26(2,29-24(31)21-4-3-5-23(27)14-21)25(32)30-10-11-33-17-19(16-30)12-18-6-7-20-8-9-28-15-22(20)13-18/h3-9,13-15,19H,10-12,16-17H2,1-2H3,(H,29,31)/t19-/m1/s1. The topological polar surface area (TPSA) is 71.5 Å². The first-order valence-corrected chi connectivity index (χ1v) is 11.1. The lowest BCUT2D eigenvalue weighted by Gasteiger charge is -2.33. The predicted octanol–water partition coefficient (Wildman–Crippen LogP) is 3.60. The molecular formula is C26H28FN3O3. The molecule has 0 aliphatic carbocycles. The van der Waals surface area contributed by atoms with E-state index in [4.69, 9.17) is 4.74 Å². The summed E-state index contributed by atoms with van der Waals surface area (Å²) in [5.74, 6) is -1.05. The predicted molar refractivity (Wildman–Crippen MR) is 124 cm³/mol. The normalized spacial score (nSPS) is 16.9. The maximum atomic E-state index is 13.5. The van der Waals surface area contributed by atoms with E-state index >= 15 is 0 Å². The number of hydrogen-bond acceptors (Lipinski definition) is 4. The number of carbonyl (C=O) groups excluding carboxylic acids is 2. The molecule has 1 saturated heterocycles. The molecule has 3 aromatic rings. The number of aromatic nitrogens is 1. The van der Waals surface area contributed by atoms with E-state index in [2.05, 4.69) is 28.5 Å². The molecular weight excluding hydrogens is 421 g/mol. The Morgan fingerprint density at radius 2 is 2.03 bits per heavy atom. The van der Waals surface area contributed by atoms with Crippen molar-refractivity contribution in [1.29, 1.82) is 0 Å². The molecule has 33 heavy (non-hydrogen) atoms. The number of amides is 2. The van der Waals surface area contributed by atoms with E-state index in [0.29, 0.717) is 26.3 Å². The van der Waals surface area contributed by atoms with Crippen LogP contribution in [0.15, 0.2) is 60.9 Å². The molecule has 0 bridgehead atoms. The van der Waals surface area contributed by atoms with Gasteiger partial charge in [0.1, 0.15) is 11.4 Å². The van der Waals surface area contributed by atoms with Crippen molar-refractivity contribution < 1.29 is 18.7 Å². The van der Waals surface area contributed by atoms with E-state index in [1.54, 1.807) is 24.9 Å². The monoisotopic (exact) mass is 449 g/mol. The van der Waals surface area contributed by atoms with Crippen molar-refractivity contribution in [3.63, 3.8) is 0 Å². The number of rotatable bonds is 5. The minimum atomic E-state index is -1.15. The van der Waals surface area contributed by atoms with Gasteiger partial charge in [0.15, 0.2) is 0 Å². The largest absolute Gasteiger partial charge is 0.379 e. The SMILES string of the molecule is CC(C)(NC(=O)c1cccc(F)c1)C(=O)N1CCOC[C@H](Cc2ccc3ccncc3c2)C1. The highest BCUT2D eigenvalue weighted by Gasteiger charge is 2.35. The van der Waals surface area contributed by atoms with Crippen LogP contribution in [0.2, 0.25) is 0 Å². The molecule has 2 aromatic carbocycles. The van der Waals surface area contributed by atoms with Gasteiger partial charge in [0.2, 0.25) is 5.91 Å². The number of nitrogens with one attached hydrogen (secondary N) is 1. The molecule has 1 N–H and O–H groups in total. The zero-order chi connectivity index (χ0) is 23.4. The van der Waals surface area contributed by atoms with Crippen LogP contribution in [0.4, 0.5) is 4.39 Å². The van der Waals surface area contributed by atoms with Crippen molar-refractivity contribution in [2.45, 2.75) is 25.8 Å². The van der Waals surface area contributed by atoms with Gasteiger partial charge < -0.3 is 15.0 Å². The lowest BCUT2D eigenvalue weighted by molar-refractivity contribution is -0.137. The first kappa shape index (κ1) is 22.9. The fourth-order valence-corrected chi connectivity index (χ4v) is 4.22. The van der Waals surface area contributed by atoms with E-state index in [1.165, 1.54) is 18.2 Å². The maximum absolute atomic E-state index is 13.5. The van der Waals surface area contributed by atoms with Gasteiger partial charge in [-0.05, 0) is 61.5 Å². The molecule has 2 amide bonds. The van der Waals surface area contributed by atoms with Gasteiger partial charge >= 0.3 is 0 Å². The zero-order valence-corrected chi connectivity index (χ0v) is 18.9. The van der Waals surface area contributed by atoms with Crippen LogP contribution in [-0.4, -0.2) is 53.5 Å². The highest BCUT2D eigenvalue weighted by atomic mass is 19.1. The highest BCUT2D eigenvalue weighted by Crippen LogP contribution is 2.21. The Kier molecular flexibility index (Phi) is 6.70. The van der Waals surface area contributed by atoms with E-state index in [0.717, 1.165) is 28.8 Å². The summed E-state index contributed by atoms with van der Waals surface area (Å²) in [5, 5.41) is 4.98. The number of halogens is 1. The molecule has 1 aliphatic rings. The third kappa shape index (κ3) is 5.54. The molecule has 0 spiro atoms. The van der Waals surface area contributed by atoms with Crippen LogP contribution in [0.3, 0.4) is 0 Å². The van der Waals surface area contributed by atoms with Crippen LogP contribution in [0.5, 0.6) is 0 Å². The summed E-state index contributed by atoms with van der Waals surface area (Å²) in [4.78, 5) is 31.9. The van der Waals surface area contributed by atoms with Crippen LogP contribution in [0.25, 0.3) is 10.8 Å². The van der Waals surface area contributed by atoms with Crippen molar-refractivity contribution in [1.82, 2.24) is 15.2 Å². The average Bonchev–Trinajstić information content (AvgIpc) is 3.03. The molecule has 7 heteroatoms. The Hall–Kier alpha value is -3.32. The third-order valence-corrected chi connectivity index (χ3v) is 5.90. The maximum Gasteiger partial charge on any atom is 0.252 e. The van der Waals surface area contributed by atoms with Crippen molar-refractivity contribution >= 4 is 22.6 Å². The Morgan fingerprint density at radius 3 is 2.85 bits per heavy atom. The summed E-state index contributed by atoms with van der Waals surface area (Å²) >= 11 is 0. The van der Waals surface area contributed by atoms with E-state index in [1.807, 2.05) is 12.3 Å². The molecule has 2 heterocycles. The van der Waals surface area contributed by atoms with Gasteiger partial charge in [0.25, 0.3) is 5.91 Å². The first-order valence-electron chi connectivity index (χ1n) is 11.1. The molecule has 1 atom stereocenters. The number of nitrogens with zero attached hydrogens (tertiary/aromatic N) is 2. The Bertz CT molecular complexity index is 1160. The van der Waals surface area contributed by atoms with Gasteiger partial charge in [-0.25, -0.2) is 4.39 Å². The summed E-state index contributed by atoms with van der Waals surface area (Å²) in [6.07, 6.45) is 4.40. The van der Waals surface area contributed by atoms with Crippen LogP contribution >= 0.6 is 0 Å². The van der Waals surface area contributed by atoms with Crippen molar-refractivity contribution in [2.75, 3.05) is 26.3 Å². The van der Waals surface area contributed by atoms with Crippen molar-refractivity contribution in [3.05, 3.63) is 77.9 Å². The van der Waals surface area contributed by atoms with Crippen LogP contribution in [-0.2, 0) is 16.0 Å². The van der Waals surface area contributed by atoms with Gasteiger partial charge in [-0.2, -0.15) is 0 Å². The van der Waals surface area contributed by atoms with Crippen molar-refractivity contribution in [2.24, 2.45) is 5.92 Å². The van der Waals surface area contributed by atoms with Gasteiger partial charge in [-0.1, -0.05) is 18.2 Å². The lowest BCUT2D eigenvalue weighted by atomic mass is 9.96. The molecule has 0 saturated carbocycles. The second-order valence-corrected chi connectivity index (χ2v) is 9.04. The summed E-state index contributed by atoms with van der Waals surface area (Å²) < 4.78 is 19.3. The fourth-order valence-electron chi connectivity index (χ4n) is 4.22. The molecule has 1 aliphatic heterocycles. The molecule has 4 rings (SSSR count). The first-order chi connectivity index (χ1) is 15.8. The van der Waals surface area contributed by atoms with E-state index in [-0.39, 0.29) is 17.4 Å². The lowest BCUT2D eigenvalue weighted by Crippen LogP contribution is -2.56. The number of ether oxygens (including phenoxy) is 1. The summed E-state index contributed by atoms with van der Waals surface area (Å²) in [5.41, 5.74) is 0.197. The molecule has 0 radical (unpaired) electrons. The molecule has 1 fully saturated rings. The second kappa shape index (κ2) is 9.67. The third-order valence-electron chi connectivity index (χ3n) is 5.90. The zero-order valence-electron chi connectivity index (χ0n) is 18.9. The molecule has 0 unspecified atom stereocenters. The Labute approximate surface area is 192 Å². The summed E-state index contributed by atoms with van der Waals surface area (Å²) in [6, 6.07) is 13.7. The van der Waals surface area contributed by atoms with Gasteiger partial charge in [-0.15, -0.1) is 0 Å². The minimum Gasteiger partial charge on any atom is -0.379 e. The van der Waals surface area contributed by atoms with Crippen LogP contribution in [0.1, 0.15) is 29.8 Å². The fraction of sp³-hybridized carbons (Fsp3) is 0.346. The molecule has 6 nitrogen and oxygen atoms in total. The minimum absolute atomic E-state index is 0.125. The summed E-state index contributed by atoms with van der Waals surface area (Å²) in [6.45, 7) is 5.33. The highest BCUT2D eigenvalue weighted by molar-refractivity contribution is 5.99. The van der Waals surface area contributed by atoms with Crippen molar-refractivity contribution in [3.8, 4) is 0 Å². The average molecular weight is 450 g/mol. The van der Waals surface area contributed by atoms with E-state index in [9.17, 15) is 14.0 Å². The number of carbonyl (C=O) groups is 2. The second-order valence-electron chi connectivity index (χ2n) is 9.04. The number of fused-ring (bicyclic) bond motifs is 1. The van der Waals surface area contributed by atoms with E-state index < -0.39 is 17.3 Å². The van der Waals surface area contributed by atoms with Gasteiger partial charge in [0.05, 0.1) is 13.2 Å². The number of benzene rings is 2. The van der Waals surface area contributed by atoms with Crippen LogP contribution in [0, 0.1) is 11.7 Å². The Balaban J connectivity index is 1.44. The summed E-state index contributed by atoms with van der Waals surface area (Å²) in [7, 11) is 0. The molecule has 1 aromatic heterocycles. The van der Waals surface area contributed by atoms with Crippen LogP contribution < -0.4 is 5.32 Å². The van der Waals surface area contributed by atoms with Gasteiger partial charge in [-0.3, -0.25) is 14.6 Å². The molecule has 172 valence electrons. The number of hydrogen-bond donors (Lipinski definition) is 1. The van der Waals surface area contributed by atoms with Gasteiger partial charge in [0, 0.05) is 42.4 Å². The quantitative estimate of drug-likeness (QED) is 0.646. The Morgan fingerprint density at radius 1 is 1.18 bits per heavy atom.